The zero-order chi connectivity index (χ0) is 34.2. The Morgan fingerprint density at radius 2 is 1.87 bits per heavy atom. The number of carbonyl (C=O) groups excluding carboxylic acids is 4. The molecule has 2 fully saturated rings. The molecule has 0 unspecified atom stereocenters. The van der Waals surface area contributed by atoms with Crippen molar-refractivity contribution in [1.82, 2.24) is 35.7 Å². The number of hydrogen-bond acceptors (Lipinski definition) is 9. The molecule has 0 bridgehead atoms. The van der Waals surface area contributed by atoms with E-state index in [9.17, 15) is 19.2 Å². The minimum absolute atomic E-state index is 0.0851. The van der Waals surface area contributed by atoms with Crippen molar-refractivity contribution in [2.24, 2.45) is 5.92 Å². The Balaban J connectivity index is 1.61. The molecular formula is C34H47N7O6. The second kappa shape index (κ2) is 15.4. The average molecular weight is 650 g/mol. The van der Waals surface area contributed by atoms with Gasteiger partial charge in [-0.25, -0.2) is 9.59 Å². The number of nitrogens with zero attached hydrogens (tertiary/aromatic N) is 5. The number of allylic oxidation sites excluding steroid dienone is 1. The van der Waals surface area contributed by atoms with Gasteiger partial charge in [0.2, 0.25) is 17.6 Å². The van der Waals surface area contributed by atoms with Gasteiger partial charge in [-0.2, -0.15) is 4.80 Å². The summed E-state index contributed by atoms with van der Waals surface area (Å²) in [4.78, 5) is 57.0. The van der Waals surface area contributed by atoms with Crippen LogP contribution in [0.1, 0.15) is 78.7 Å². The molecular weight excluding hydrogens is 602 g/mol. The van der Waals surface area contributed by atoms with Crippen molar-refractivity contribution < 1.29 is 28.7 Å². The van der Waals surface area contributed by atoms with Crippen LogP contribution in [0, 0.1) is 5.92 Å². The Kier molecular flexibility index (Phi) is 11.5. The number of hydrogen-bond donors (Lipinski definition) is 2. The van der Waals surface area contributed by atoms with E-state index in [-0.39, 0.29) is 25.5 Å². The van der Waals surface area contributed by atoms with Gasteiger partial charge in [0.25, 0.3) is 0 Å². The zero-order valence-corrected chi connectivity index (χ0v) is 27.8. The van der Waals surface area contributed by atoms with Gasteiger partial charge in [0.05, 0.1) is 12.6 Å². The number of benzene rings is 1. The van der Waals surface area contributed by atoms with E-state index in [1.165, 1.54) is 9.70 Å². The molecule has 254 valence electrons. The van der Waals surface area contributed by atoms with E-state index in [4.69, 9.17) is 9.47 Å². The molecule has 1 aliphatic carbocycles. The van der Waals surface area contributed by atoms with Crippen LogP contribution in [-0.2, 0) is 23.9 Å². The normalized spacial score (nSPS) is 22.6. The smallest absolute Gasteiger partial charge is 0.408 e. The van der Waals surface area contributed by atoms with Crippen molar-refractivity contribution in [3.63, 3.8) is 0 Å². The van der Waals surface area contributed by atoms with Crippen molar-refractivity contribution in [2.75, 3.05) is 13.2 Å². The maximum Gasteiger partial charge on any atom is 0.408 e. The third-order valence-corrected chi connectivity index (χ3v) is 8.33. The number of ether oxygens (including phenoxy) is 2. The highest BCUT2D eigenvalue weighted by Crippen LogP contribution is 2.46. The topological polar surface area (TPSA) is 158 Å². The van der Waals surface area contributed by atoms with E-state index in [2.05, 4.69) is 39.2 Å². The standard InChI is InChI=1S/C34H47N7O6/c1-7-10-11-12-16-19-26(35-32(45)47-33(4,5)6)30(43)40-22-25(41-38-28(37-39-41)23-17-14-13-15-18-23)20-27(40)29(42)36-34(21-24(34)8-2)31(44)46-9-3/h7-8,13-15,17-18,24-27H,1-2,9-12,16,19-22H2,3-6H3,(H,35,45)(H,36,42)/t24-,25-,26+,27+,34-/m1/s1. The van der Waals surface area contributed by atoms with Gasteiger partial charge in [-0.05, 0) is 58.6 Å². The summed E-state index contributed by atoms with van der Waals surface area (Å²) in [7, 11) is 0. The van der Waals surface area contributed by atoms with Gasteiger partial charge in [-0.15, -0.1) is 23.4 Å². The summed E-state index contributed by atoms with van der Waals surface area (Å²) >= 11 is 0. The lowest BCUT2D eigenvalue weighted by molar-refractivity contribution is -0.150. The van der Waals surface area contributed by atoms with Crippen LogP contribution in [0.2, 0.25) is 0 Å². The fraction of sp³-hybridized carbons (Fsp3) is 0.559. The molecule has 3 amide bonds. The summed E-state index contributed by atoms with van der Waals surface area (Å²) in [5.74, 6) is -1.38. The molecule has 2 heterocycles. The predicted molar refractivity (Wildman–Crippen MR) is 175 cm³/mol. The Morgan fingerprint density at radius 3 is 2.51 bits per heavy atom. The van der Waals surface area contributed by atoms with Gasteiger partial charge in [-0.3, -0.25) is 9.59 Å². The second-order valence-electron chi connectivity index (χ2n) is 13.0. The van der Waals surface area contributed by atoms with Gasteiger partial charge in [0.15, 0.2) is 0 Å². The lowest BCUT2D eigenvalue weighted by atomic mass is 10.0. The first-order valence-corrected chi connectivity index (χ1v) is 16.3. The molecule has 13 heteroatoms. The molecule has 4 rings (SSSR count). The van der Waals surface area contributed by atoms with Crippen molar-refractivity contribution in [3.8, 4) is 11.4 Å². The van der Waals surface area contributed by atoms with Gasteiger partial charge >= 0.3 is 12.1 Å². The second-order valence-corrected chi connectivity index (χ2v) is 13.0. The van der Waals surface area contributed by atoms with Crippen LogP contribution in [0.25, 0.3) is 11.4 Å². The summed E-state index contributed by atoms with van der Waals surface area (Å²) in [5.41, 5.74) is -1.24. The molecule has 1 aromatic carbocycles. The molecule has 5 atom stereocenters. The molecule has 1 saturated carbocycles. The molecule has 0 spiro atoms. The number of likely N-dealkylation sites (tertiary alicyclic amines) is 1. The third kappa shape index (κ3) is 8.83. The SMILES string of the molecule is C=CCCCCC[C@H](NC(=O)OC(C)(C)C)C(=O)N1C[C@H](n2nnc(-c3ccccc3)n2)C[C@H]1C(=O)N[C@]1(C(=O)OCC)C[C@H]1C=C. The van der Waals surface area contributed by atoms with Gasteiger partial charge in [0, 0.05) is 24.4 Å². The monoisotopic (exact) mass is 649 g/mol. The molecule has 2 aromatic rings. The number of carbonyl (C=O) groups is 4. The van der Waals surface area contributed by atoms with Crippen LogP contribution >= 0.6 is 0 Å². The first-order chi connectivity index (χ1) is 22.4. The third-order valence-electron chi connectivity index (χ3n) is 8.33. The first-order valence-electron chi connectivity index (χ1n) is 16.3. The Bertz CT molecular complexity index is 1440. The maximum absolute atomic E-state index is 14.3. The number of rotatable bonds is 15. The van der Waals surface area contributed by atoms with E-state index < -0.39 is 53.1 Å². The van der Waals surface area contributed by atoms with Crippen LogP contribution in [0.5, 0.6) is 0 Å². The van der Waals surface area contributed by atoms with E-state index >= 15 is 0 Å². The predicted octanol–water partition coefficient (Wildman–Crippen LogP) is 4.14. The molecule has 2 aliphatic rings. The molecule has 13 nitrogen and oxygen atoms in total. The van der Waals surface area contributed by atoms with Crippen molar-refractivity contribution in [3.05, 3.63) is 55.6 Å². The number of nitrogens with one attached hydrogen (secondary N) is 2. The number of amides is 3. The highest BCUT2D eigenvalue weighted by molar-refractivity contribution is 5.96. The van der Waals surface area contributed by atoms with Crippen molar-refractivity contribution in [2.45, 2.75) is 102 Å². The highest BCUT2D eigenvalue weighted by atomic mass is 16.6. The largest absolute Gasteiger partial charge is 0.464 e. The minimum atomic E-state index is -1.24. The maximum atomic E-state index is 14.3. The number of tetrazole rings is 1. The van der Waals surface area contributed by atoms with Crippen LogP contribution in [-0.4, -0.2) is 85.4 Å². The number of unbranched alkanes of at least 4 members (excludes halogenated alkanes) is 3. The molecule has 1 aromatic heterocycles. The highest BCUT2D eigenvalue weighted by Gasteiger charge is 2.62. The summed E-state index contributed by atoms with van der Waals surface area (Å²) in [6.45, 7) is 14.7. The fourth-order valence-corrected chi connectivity index (χ4v) is 5.84. The van der Waals surface area contributed by atoms with Crippen LogP contribution in [0.15, 0.2) is 55.6 Å². The Hall–Kier alpha value is -4.55. The van der Waals surface area contributed by atoms with Crippen molar-refractivity contribution >= 4 is 23.9 Å². The summed E-state index contributed by atoms with van der Waals surface area (Å²) in [6.07, 6.45) is 6.83. The van der Waals surface area contributed by atoms with Crippen LogP contribution in [0.3, 0.4) is 0 Å². The van der Waals surface area contributed by atoms with Crippen LogP contribution < -0.4 is 10.6 Å². The summed E-state index contributed by atoms with van der Waals surface area (Å²) < 4.78 is 10.8. The van der Waals surface area contributed by atoms with Gasteiger partial charge in [0.1, 0.15) is 23.2 Å². The quantitative estimate of drug-likeness (QED) is 0.164. The number of esters is 1. The molecule has 47 heavy (non-hydrogen) atoms. The van der Waals surface area contributed by atoms with E-state index in [0.29, 0.717) is 25.1 Å². The molecule has 0 radical (unpaired) electrons. The van der Waals surface area contributed by atoms with Crippen LogP contribution in [0.4, 0.5) is 4.79 Å². The fourth-order valence-electron chi connectivity index (χ4n) is 5.84. The minimum Gasteiger partial charge on any atom is -0.464 e. The number of aromatic nitrogens is 4. The Morgan fingerprint density at radius 1 is 1.13 bits per heavy atom. The molecule has 1 aliphatic heterocycles. The molecule has 1 saturated heterocycles. The lowest BCUT2D eigenvalue weighted by Gasteiger charge is -2.30. The average Bonchev–Trinajstić information content (AvgIpc) is 3.33. The zero-order valence-electron chi connectivity index (χ0n) is 27.8. The first kappa shape index (κ1) is 35.3. The summed E-state index contributed by atoms with van der Waals surface area (Å²) in [6, 6.07) is 6.92. The van der Waals surface area contributed by atoms with Gasteiger partial charge < -0.3 is 25.0 Å². The molecule has 2 N–H and O–H groups in total. The Labute approximate surface area is 276 Å². The number of alkyl carbamates (subject to hydrolysis) is 1. The lowest BCUT2D eigenvalue weighted by Crippen LogP contribution is -2.56. The van der Waals surface area contributed by atoms with E-state index in [1.54, 1.807) is 33.8 Å². The summed E-state index contributed by atoms with van der Waals surface area (Å²) in [5, 5.41) is 18.7. The van der Waals surface area contributed by atoms with Crippen molar-refractivity contribution in [1.29, 1.82) is 0 Å². The van der Waals surface area contributed by atoms with E-state index in [0.717, 1.165) is 24.8 Å². The van der Waals surface area contributed by atoms with E-state index in [1.807, 2.05) is 36.4 Å². The van der Waals surface area contributed by atoms with Gasteiger partial charge in [-0.1, -0.05) is 55.3 Å².